The molecule has 3 N–H and O–H groups in total. The molecular weight excluding hydrogens is 229 g/mol. The van der Waals surface area contributed by atoms with Gasteiger partial charge in [-0.25, -0.2) is 0 Å². The maximum Gasteiger partial charge on any atom is 0.391 e. The molecule has 0 atom stereocenters. The van der Waals surface area contributed by atoms with E-state index < -0.39 is 12.1 Å². The van der Waals surface area contributed by atoms with E-state index in [1.54, 1.807) is 0 Å². The van der Waals surface area contributed by atoms with Crippen LogP contribution < -0.4 is 11.1 Å². The van der Waals surface area contributed by atoms with Gasteiger partial charge in [0.2, 0.25) is 0 Å². The predicted molar refractivity (Wildman–Crippen MR) is 61.3 cm³/mol. The molecule has 1 saturated carbocycles. The lowest BCUT2D eigenvalue weighted by Gasteiger charge is -2.40. The van der Waals surface area contributed by atoms with Gasteiger partial charge in [0, 0.05) is 25.0 Å². The van der Waals surface area contributed by atoms with Crippen LogP contribution in [0.3, 0.4) is 0 Å². The first-order chi connectivity index (χ1) is 7.93. The molecule has 1 aliphatic rings. The molecule has 98 valence electrons. The Morgan fingerprint density at radius 3 is 2.35 bits per heavy atom. The molecule has 2 nitrogen and oxygen atoms in total. The van der Waals surface area contributed by atoms with Crippen LogP contribution in [0.1, 0.15) is 32.1 Å². The summed E-state index contributed by atoms with van der Waals surface area (Å²) < 4.78 is 37.6. The van der Waals surface area contributed by atoms with Crippen LogP contribution in [0, 0.1) is 18.3 Å². The van der Waals surface area contributed by atoms with E-state index in [9.17, 15) is 13.2 Å². The Balaban J connectivity index is 2.49. The van der Waals surface area contributed by atoms with Crippen molar-refractivity contribution in [3.05, 3.63) is 0 Å². The van der Waals surface area contributed by atoms with E-state index in [2.05, 4.69) is 11.2 Å². The van der Waals surface area contributed by atoms with Crippen molar-refractivity contribution in [3.63, 3.8) is 0 Å². The molecule has 0 aliphatic heterocycles. The van der Waals surface area contributed by atoms with Crippen molar-refractivity contribution in [1.29, 1.82) is 0 Å². The molecule has 0 aromatic carbocycles. The van der Waals surface area contributed by atoms with E-state index >= 15 is 0 Å². The average molecular weight is 248 g/mol. The first-order valence-electron chi connectivity index (χ1n) is 5.89. The largest absolute Gasteiger partial charge is 0.391 e. The van der Waals surface area contributed by atoms with Crippen molar-refractivity contribution in [2.24, 2.45) is 11.7 Å². The van der Waals surface area contributed by atoms with Gasteiger partial charge in [-0.2, -0.15) is 13.2 Å². The third-order valence-electron chi connectivity index (χ3n) is 3.57. The molecule has 0 aromatic heterocycles. The fraction of sp³-hybridized carbons (Fsp3) is 0.833. The zero-order chi connectivity index (χ0) is 12.9. The fourth-order valence-electron chi connectivity index (χ4n) is 2.35. The summed E-state index contributed by atoms with van der Waals surface area (Å²) in [5, 5.41) is 3.22. The lowest BCUT2D eigenvalue weighted by atomic mass is 9.76. The summed E-state index contributed by atoms with van der Waals surface area (Å²) in [5.74, 6) is 1.33. The minimum absolute atomic E-state index is 0.157. The second kappa shape index (κ2) is 5.74. The Labute approximate surface area is 100 Å². The van der Waals surface area contributed by atoms with Crippen LogP contribution in [-0.2, 0) is 0 Å². The lowest BCUT2D eigenvalue weighted by molar-refractivity contribution is -0.185. The summed E-state index contributed by atoms with van der Waals surface area (Å²) in [6, 6.07) is 0. The van der Waals surface area contributed by atoms with Crippen molar-refractivity contribution in [3.8, 4) is 12.3 Å². The molecule has 0 amide bonds. The number of halogens is 3. The molecule has 17 heavy (non-hydrogen) atoms. The predicted octanol–water partition coefficient (Wildman–Crippen LogP) is 2.05. The second-order valence-corrected chi connectivity index (χ2v) is 4.68. The Kier molecular flexibility index (Phi) is 4.84. The van der Waals surface area contributed by atoms with Crippen molar-refractivity contribution >= 4 is 0 Å². The van der Waals surface area contributed by atoms with Gasteiger partial charge < -0.3 is 11.1 Å². The molecule has 5 heteroatoms. The summed E-state index contributed by atoms with van der Waals surface area (Å²) >= 11 is 0. The van der Waals surface area contributed by atoms with Gasteiger partial charge in [0.05, 0.1) is 5.92 Å². The molecule has 0 saturated heterocycles. The number of terminal acetylenes is 1. The molecule has 1 fully saturated rings. The van der Waals surface area contributed by atoms with Crippen molar-refractivity contribution in [2.75, 3.05) is 13.1 Å². The highest BCUT2D eigenvalue weighted by Crippen LogP contribution is 2.40. The number of hydrogen-bond acceptors (Lipinski definition) is 2. The highest BCUT2D eigenvalue weighted by molar-refractivity contribution is 4.96. The summed E-state index contributed by atoms with van der Waals surface area (Å²) in [6.07, 6.45) is 2.90. The maximum atomic E-state index is 12.5. The number of alkyl halides is 3. The van der Waals surface area contributed by atoms with Gasteiger partial charge in [0.15, 0.2) is 0 Å². The van der Waals surface area contributed by atoms with Crippen LogP contribution in [0.4, 0.5) is 13.2 Å². The Bertz CT molecular complexity index is 272. The van der Waals surface area contributed by atoms with E-state index in [0.29, 0.717) is 32.4 Å². The summed E-state index contributed by atoms with van der Waals surface area (Å²) in [7, 11) is 0. The minimum Gasteiger partial charge on any atom is -0.329 e. The van der Waals surface area contributed by atoms with Crippen LogP contribution in [0.15, 0.2) is 0 Å². The molecule has 1 rings (SSSR count). The zero-order valence-electron chi connectivity index (χ0n) is 9.82. The monoisotopic (exact) mass is 248 g/mol. The number of nitrogens with one attached hydrogen (secondary N) is 1. The molecular formula is C12H19F3N2. The van der Waals surface area contributed by atoms with Gasteiger partial charge in [0.1, 0.15) is 0 Å². The number of rotatable bonds is 4. The Morgan fingerprint density at radius 2 is 1.94 bits per heavy atom. The lowest BCUT2D eigenvalue weighted by Crippen LogP contribution is -2.54. The third kappa shape index (κ3) is 3.90. The summed E-state index contributed by atoms with van der Waals surface area (Å²) in [6.45, 7) is 0.979. The third-order valence-corrected chi connectivity index (χ3v) is 3.57. The van der Waals surface area contributed by atoms with Crippen LogP contribution in [-0.4, -0.2) is 24.8 Å². The normalized spacial score (nSPS) is 29.9. The van der Waals surface area contributed by atoms with Crippen LogP contribution in [0.25, 0.3) is 0 Å². The highest BCUT2D eigenvalue weighted by atomic mass is 19.4. The van der Waals surface area contributed by atoms with Gasteiger partial charge in [-0.15, -0.1) is 12.3 Å². The zero-order valence-corrected chi connectivity index (χ0v) is 9.82. The van der Waals surface area contributed by atoms with Crippen LogP contribution >= 0.6 is 0 Å². The first-order valence-corrected chi connectivity index (χ1v) is 5.89. The second-order valence-electron chi connectivity index (χ2n) is 4.68. The van der Waals surface area contributed by atoms with Gasteiger partial charge in [-0.05, 0) is 25.7 Å². The molecule has 0 aromatic rings. The smallest absolute Gasteiger partial charge is 0.329 e. The van der Waals surface area contributed by atoms with Gasteiger partial charge in [-0.3, -0.25) is 0 Å². The molecule has 0 spiro atoms. The Morgan fingerprint density at radius 1 is 1.35 bits per heavy atom. The molecule has 0 heterocycles. The van der Waals surface area contributed by atoms with Gasteiger partial charge >= 0.3 is 6.18 Å². The molecule has 1 aliphatic carbocycles. The highest BCUT2D eigenvalue weighted by Gasteiger charge is 2.45. The van der Waals surface area contributed by atoms with Crippen molar-refractivity contribution in [1.82, 2.24) is 5.32 Å². The Hall–Kier alpha value is -0.730. The molecule has 0 unspecified atom stereocenters. The minimum atomic E-state index is -4.07. The van der Waals surface area contributed by atoms with E-state index in [-0.39, 0.29) is 18.4 Å². The first kappa shape index (κ1) is 14.3. The standard InChI is InChI=1S/C12H19F3N2/c1-2-3-8-17-11(9-16)6-4-10(5-7-11)12(13,14)15/h1,10,17H,3-9,16H2. The maximum absolute atomic E-state index is 12.5. The summed E-state index contributed by atoms with van der Waals surface area (Å²) in [5.41, 5.74) is 5.33. The topological polar surface area (TPSA) is 38.0 Å². The van der Waals surface area contributed by atoms with E-state index in [0.717, 1.165) is 0 Å². The SMILES string of the molecule is C#CCCNC1(CN)CCC(C(F)(F)F)CC1. The van der Waals surface area contributed by atoms with Crippen molar-refractivity contribution in [2.45, 2.75) is 43.8 Å². The average Bonchev–Trinajstić information content (AvgIpc) is 2.29. The number of hydrogen-bond donors (Lipinski definition) is 2. The van der Waals surface area contributed by atoms with Gasteiger partial charge in [0.25, 0.3) is 0 Å². The van der Waals surface area contributed by atoms with Crippen molar-refractivity contribution < 1.29 is 13.2 Å². The van der Waals surface area contributed by atoms with E-state index in [1.807, 2.05) is 0 Å². The molecule has 0 radical (unpaired) electrons. The van der Waals surface area contributed by atoms with E-state index in [1.165, 1.54) is 0 Å². The fourth-order valence-corrected chi connectivity index (χ4v) is 2.35. The van der Waals surface area contributed by atoms with E-state index in [4.69, 9.17) is 12.2 Å². The molecule has 0 bridgehead atoms. The number of nitrogens with two attached hydrogens (primary N) is 1. The quantitative estimate of drug-likeness (QED) is 0.590. The summed E-state index contributed by atoms with van der Waals surface area (Å²) in [4.78, 5) is 0. The van der Waals surface area contributed by atoms with Crippen LogP contribution in [0.2, 0.25) is 0 Å². The van der Waals surface area contributed by atoms with Gasteiger partial charge in [-0.1, -0.05) is 0 Å². The van der Waals surface area contributed by atoms with Crippen LogP contribution in [0.5, 0.6) is 0 Å².